The van der Waals surface area contributed by atoms with E-state index in [0.29, 0.717) is 5.56 Å². The molecule has 0 amide bonds. The summed E-state index contributed by atoms with van der Waals surface area (Å²) < 4.78 is 0. The molecule has 0 aromatic heterocycles. The molecular weight excluding hydrogens is 316 g/mol. The molecule has 1 aliphatic heterocycles. The van der Waals surface area contributed by atoms with Gasteiger partial charge in [0.25, 0.3) is 5.69 Å². The summed E-state index contributed by atoms with van der Waals surface area (Å²) in [6.07, 6.45) is 15.8. The lowest BCUT2D eigenvalue weighted by Crippen LogP contribution is -2.40. The molecular formula is C20H20N2O3. The number of non-ortho nitro benzene ring substituents is 1. The number of benzene rings is 1. The fourth-order valence-corrected chi connectivity index (χ4v) is 3.54. The van der Waals surface area contributed by atoms with Crippen LogP contribution in [0.4, 0.5) is 5.69 Å². The molecule has 0 spiro atoms. The van der Waals surface area contributed by atoms with Gasteiger partial charge in [-0.05, 0) is 37.1 Å². The largest absolute Gasteiger partial charge is 0.293 e. The van der Waals surface area contributed by atoms with E-state index in [0.717, 1.165) is 37.8 Å². The van der Waals surface area contributed by atoms with Gasteiger partial charge in [-0.1, -0.05) is 37.5 Å². The molecule has 0 saturated heterocycles. The Morgan fingerprint density at radius 3 is 2.36 bits per heavy atom. The molecule has 1 heterocycles. The van der Waals surface area contributed by atoms with Gasteiger partial charge in [0, 0.05) is 23.9 Å². The molecule has 2 aliphatic rings. The number of Topliss-reactive ketones (excluding diaryl/α,β-unsaturated/α-hetero) is 1. The number of ketones is 1. The Morgan fingerprint density at radius 1 is 1.00 bits per heavy atom. The molecule has 1 aromatic rings. The minimum absolute atomic E-state index is 0.00320. The number of rotatable bonds is 4. The standard InChI is InChI=1S/C20H20N2O3/c23-19(16-9-11-17(12-10-16)22(24)25)20(13-5-3-6-14-20)18-8-4-1-2-7-15-21-18/h1-2,4,7-12,15H,3,5-6,13-14H2. The Balaban J connectivity index is 2.00. The van der Waals surface area contributed by atoms with E-state index in [1.54, 1.807) is 18.3 Å². The Labute approximate surface area is 146 Å². The number of carbonyl (C=O) groups is 1. The molecule has 0 radical (unpaired) electrons. The van der Waals surface area contributed by atoms with Crippen LogP contribution in [0.15, 0.2) is 65.8 Å². The third-order valence-electron chi connectivity index (χ3n) is 4.86. The molecule has 5 heteroatoms. The SMILES string of the molecule is O=C(c1ccc([N+](=O)[O-])cc1)C1(C2=NC=CC=CC=C2)CCCCC1. The molecule has 128 valence electrons. The first-order chi connectivity index (χ1) is 12.1. The van der Waals surface area contributed by atoms with Gasteiger partial charge in [-0.3, -0.25) is 19.9 Å². The van der Waals surface area contributed by atoms with Crippen molar-refractivity contribution in [1.82, 2.24) is 0 Å². The van der Waals surface area contributed by atoms with Crippen molar-refractivity contribution in [2.75, 3.05) is 0 Å². The third kappa shape index (κ3) is 3.50. The fraction of sp³-hybridized carbons (Fsp3) is 0.300. The van der Waals surface area contributed by atoms with Crippen LogP contribution in [0.3, 0.4) is 0 Å². The minimum Gasteiger partial charge on any atom is -0.293 e. The molecule has 0 unspecified atom stereocenters. The lowest BCUT2D eigenvalue weighted by Gasteiger charge is -2.36. The summed E-state index contributed by atoms with van der Waals surface area (Å²) in [6.45, 7) is 0. The van der Waals surface area contributed by atoms with Crippen molar-refractivity contribution in [2.45, 2.75) is 32.1 Å². The predicted molar refractivity (Wildman–Crippen MR) is 97.8 cm³/mol. The normalized spacial score (nSPS) is 19.0. The van der Waals surface area contributed by atoms with E-state index < -0.39 is 10.3 Å². The highest BCUT2D eigenvalue weighted by atomic mass is 16.6. The zero-order valence-electron chi connectivity index (χ0n) is 13.9. The van der Waals surface area contributed by atoms with E-state index in [-0.39, 0.29) is 11.5 Å². The topological polar surface area (TPSA) is 72.6 Å². The zero-order valence-corrected chi connectivity index (χ0v) is 13.9. The molecule has 0 atom stereocenters. The number of hydrogen-bond donors (Lipinski definition) is 0. The lowest BCUT2D eigenvalue weighted by atomic mass is 9.66. The molecule has 1 fully saturated rings. The fourth-order valence-electron chi connectivity index (χ4n) is 3.54. The second-order valence-electron chi connectivity index (χ2n) is 6.38. The van der Waals surface area contributed by atoms with Crippen LogP contribution in [0.5, 0.6) is 0 Å². The van der Waals surface area contributed by atoms with Gasteiger partial charge in [-0.2, -0.15) is 0 Å². The number of nitro groups is 1. The Morgan fingerprint density at radius 2 is 1.68 bits per heavy atom. The number of hydrogen-bond acceptors (Lipinski definition) is 4. The number of nitro benzene ring substituents is 1. The quantitative estimate of drug-likeness (QED) is 0.450. The summed E-state index contributed by atoms with van der Waals surface area (Å²) in [5, 5.41) is 10.8. The van der Waals surface area contributed by atoms with Gasteiger partial charge in [-0.15, -0.1) is 0 Å². The molecule has 0 bridgehead atoms. The summed E-state index contributed by atoms with van der Waals surface area (Å²) in [7, 11) is 0. The van der Waals surface area contributed by atoms with E-state index >= 15 is 0 Å². The van der Waals surface area contributed by atoms with Gasteiger partial charge in [0.05, 0.1) is 16.0 Å². The molecule has 5 nitrogen and oxygen atoms in total. The summed E-state index contributed by atoms with van der Waals surface area (Å²) in [5.41, 5.74) is 0.618. The second kappa shape index (κ2) is 7.38. The smallest absolute Gasteiger partial charge is 0.269 e. The van der Waals surface area contributed by atoms with Gasteiger partial charge < -0.3 is 0 Å². The molecule has 1 aliphatic carbocycles. The minimum atomic E-state index is -0.652. The summed E-state index contributed by atoms with van der Waals surface area (Å²) in [4.78, 5) is 28.3. The number of aliphatic imine (C=N–C) groups is 1. The van der Waals surface area contributed by atoms with Crippen molar-refractivity contribution in [1.29, 1.82) is 0 Å². The first-order valence-electron chi connectivity index (χ1n) is 8.51. The molecule has 3 rings (SSSR count). The summed E-state index contributed by atoms with van der Waals surface area (Å²) in [6, 6.07) is 5.89. The lowest BCUT2D eigenvalue weighted by molar-refractivity contribution is -0.384. The van der Waals surface area contributed by atoms with Crippen LogP contribution < -0.4 is 0 Å². The van der Waals surface area contributed by atoms with Gasteiger partial charge in [0.1, 0.15) is 0 Å². The van der Waals surface area contributed by atoms with Crippen LogP contribution in [0.25, 0.3) is 0 Å². The Kier molecular flexibility index (Phi) is 5.03. The van der Waals surface area contributed by atoms with E-state index in [4.69, 9.17) is 0 Å². The van der Waals surface area contributed by atoms with E-state index in [2.05, 4.69) is 4.99 Å². The maximum atomic E-state index is 13.4. The van der Waals surface area contributed by atoms with Gasteiger partial charge in [0.2, 0.25) is 0 Å². The van der Waals surface area contributed by atoms with Crippen molar-refractivity contribution >= 4 is 17.2 Å². The van der Waals surface area contributed by atoms with Gasteiger partial charge >= 0.3 is 0 Å². The number of nitrogens with zero attached hydrogens (tertiary/aromatic N) is 2. The second-order valence-corrected chi connectivity index (χ2v) is 6.38. The van der Waals surface area contributed by atoms with E-state index in [1.165, 1.54) is 12.1 Å². The number of allylic oxidation sites excluding steroid dienone is 5. The first kappa shape index (κ1) is 17.0. The van der Waals surface area contributed by atoms with E-state index in [9.17, 15) is 14.9 Å². The van der Waals surface area contributed by atoms with Crippen LogP contribution >= 0.6 is 0 Å². The first-order valence-corrected chi connectivity index (χ1v) is 8.51. The van der Waals surface area contributed by atoms with Crippen LogP contribution in [-0.4, -0.2) is 16.4 Å². The van der Waals surface area contributed by atoms with Crippen LogP contribution in [-0.2, 0) is 0 Å². The highest BCUT2D eigenvalue weighted by Gasteiger charge is 2.43. The summed E-state index contributed by atoms with van der Waals surface area (Å²) in [5.74, 6) is 0.00320. The Bertz CT molecular complexity index is 780. The number of carbonyl (C=O) groups excluding carboxylic acids is 1. The van der Waals surface area contributed by atoms with Crippen molar-refractivity contribution in [3.63, 3.8) is 0 Å². The monoisotopic (exact) mass is 336 g/mol. The van der Waals surface area contributed by atoms with Crippen molar-refractivity contribution in [3.05, 3.63) is 76.5 Å². The molecule has 25 heavy (non-hydrogen) atoms. The molecule has 0 N–H and O–H groups in total. The van der Waals surface area contributed by atoms with Crippen LogP contribution in [0.2, 0.25) is 0 Å². The van der Waals surface area contributed by atoms with Gasteiger partial charge in [0.15, 0.2) is 5.78 Å². The average Bonchev–Trinajstić information content (AvgIpc) is 2.61. The molecule has 1 aromatic carbocycles. The predicted octanol–water partition coefficient (Wildman–Crippen LogP) is 4.81. The third-order valence-corrected chi connectivity index (χ3v) is 4.86. The average molecular weight is 336 g/mol. The maximum Gasteiger partial charge on any atom is 0.269 e. The van der Waals surface area contributed by atoms with Crippen molar-refractivity contribution < 1.29 is 9.72 Å². The zero-order chi connectivity index (χ0) is 17.7. The van der Waals surface area contributed by atoms with Crippen LogP contribution in [0, 0.1) is 15.5 Å². The molecule has 1 saturated carbocycles. The maximum absolute atomic E-state index is 13.4. The van der Waals surface area contributed by atoms with E-state index in [1.807, 2.05) is 30.4 Å². The van der Waals surface area contributed by atoms with Crippen LogP contribution in [0.1, 0.15) is 42.5 Å². The van der Waals surface area contributed by atoms with Crippen molar-refractivity contribution in [2.24, 2.45) is 10.4 Å². The highest BCUT2D eigenvalue weighted by molar-refractivity contribution is 6.20. The highest BCUT2D eigenvalue weighted by Crippen LogP contribution is 2.41. The van der Waals surface area contributed by atoms with Crippen molar-refractivity contribution in [3.8, 4) is 0 Å². The summed E-state index contributed by atoms with van der Waals surface area (Å²) >= 11 is 0. The Hall–Kier alpha value is -2.82. The van der Waals surface area contributed by atoms with Gasteiger partial charge in [-0.25, -0.2) is 0 Å².